The quantitative estimate of drug-likeness (QED) is 0.569. The molecule has 102 valence electrons. The Labute approximate surface area is 104 Å². The number of ether oxygens (including phenoxy) is 1. The lowest BCUT2D eigenvalue weighted by Crippen LogP contribution is -2.45. The molecular formula is C10H23N3O3S. The van der Waals surface area contributed by atoms with Crippen molar-refractivity contribution in [3.05, 3.63) is 0 Å². The molecule has 1 aliphatic rings. The highest BCUT2D eigenvalue weighted by atomic mass is 32.2. The Kier molecular flexibility index (Phi) is 6.35. The largest absolute Gasteiger partial charge is 0.374 e. The van der Waals surface area contributed by atoms with Crippen molar-refractivity contribution in [1.29, 1.82) is 0 Å². The third-order valence-corrected chi connectivity index (χ3v) is 3.34. The first-order valence-corrected chi connectivity index (χ1v) is 7.82. The second-order valence-electron chi connectivity index (χ2n) is 4.48. The van der Waals surface area contributed by atoms with Crippen LogP contribution in [0.25, 0.3) is 0 Å². The number of sulfonamides is 1. The fraction of sp³-hybridized carbons (Fsp3) is 1.00. The highest BCUT2D eigenvalue weighted by molar-refractivity contribution is 7.88. The van der Waals surface area contributed by atoms with E-state index in [2.05, 4.69) is 22.0 Å². The van der Waals surface area contributed by atoms with E-state index in [4.69, 9.17) is 4.74 Å². The van der Waals surface area contributed by atoms with Crippen LogP contribution < -0.4 is 10.0 Å². The van der Waals surface area contributed by atoms with Crippen molar-refractivity contribution >= 4 is 10.0 Å². The van der Waals surface area contributed by atoms with Crippen LogP contribution in [0.3, 0.4) is 0 Å². The fourth-order valence-electron chi connectivity index (χ4n) is 1.72. The summed E-state index contributed by atoms with van der Waals surface area (Å²) in [4.78, 5) is 2.25. The lowest BCUT2D eigenvalue weighted by Gasteiger charge is -2.30. The van der Waals surface area contributed by atoms with Gasteiger partial charge in [-0.1, -0.05) is 0 Å². The molecule has 0 aromatic rings. The zero-order valence-electron chi connectivity index (χ0n) is 10.6. The minimum absolute atomic E-state index is 0.247. The monoisotopic (exact) mass is 265 g/mol. The smallest absolute Gasteiger partial charge is 0.208 e. The van der Waals surface area contributed by atoms with Gasteiger partial charge < -0.3 is 15.0 Å². The highest BCUT2D eigenvalue weighted by Crippen LogP contribution is 2.01. The van der Waals surface area contributed by atoms with E-state index in [-0.39, 0.29) is 6.10 Å². The summed E-state index contributed by atoms with van der Waals surface area (Å²) < 4.78 is 29.6. The Hall–Kier alpha value is -0.210. The van der Waals surface area contributed by atoms with Gasteiger partial charge in [-0.15, -0.1) is 0 Å². The minimum Gasteiger partial charge on any atom is -0.374 e. The van der Waals surface area contributed by atoms with Crippen LogP contribution in [0.4, 0.5) is 0 Å². The van der Waals surface area contributed by atoms with Crippen LogP contribution in [0.1, 0.15) is 6.42 Å². The van der Waals surface area contributed by atoms with E-state index in [1.54, 1.807) is 0 Å². The zero-order chi connectivity index (χ0) is 12.7. The number of rotatable bonds is 7. The van der Waals surface area contributed by atoms with Crippen LogP contribution in [-0.2, 0) is 14.8 Å². The molecule has 1 fully saturated rings. The summed E-state index contributed by atoms with van der Waals surface area (Å²) in [7, 11) is -0.959. The van der Waals surface area contributed by atoms with Crippen molar-refractivity contribution in [3.8, 4) is 0 Å². The number of nitrogens with one attached hydrogen (secondary N) is 2. The fourth-order valence-corrected chi connectivity index (χ4v) is 2.24. The first-order chi connectivity index (χ1) is 7.97. The van der Waals surface area contributed by atoms with Gasteiger partial charge in [0.2, 0.25) is 10.0 Å². The van der Waals surface area contributed by atoms with Crippen LogP contribution in [0.5, 0.6) is 0 Å². The Morgan fingerprint density at radius 1 is 1.41 bits per heavy atom. The predicted molar refractivity (Wildman–Crippen MR) is 67.6 cm³/mol. The number of hydrogen-bond donors (Lipinski definition) is 2. The summed E-state index contributed by atoms with van der Waals surface area (Å²) >= 11 is 0. The van der Waals surface area contributed by atoms with Gasteiger partial charge in [-0.25, -0.2) is 13.1 Å². The van der Waals surface area contributed by atoms with Gasteiger partial charge in [0, 0.05) is 26.2 Å². The third kappa shape index (κ3) is 7.67. The van der Waals surface area contributed by atoms with Gasteiger partial charge in [-0.05, 0) is 20.0 Å². The van der Waals surface area contributed by atoms with E-state index >= 15 is 0 Å². The minimum atomic E-state index is -3.05. The van der Waals surface area contributed by atoms with Crippen molar-refractivity contribution in [2.24, 2.45) is 0 Å². The standard InChI is InChI=1S/C10H23N3O3S/c1-13-6-7-16-10(9-13)8-11-4-3-5-12-17(2,14)15/h10-12H,3-9H2,1-2H3. The molecule has 0 saturated carbocycles. The lowest BCUT2D eigenvalue weighted by atomic mass is 10.3. The molecule has 6 nitrogen and oxygen atoms in total. The topological polar surface area (TPSA) is 70.7 Å². The Balaban J connectivity index is 1.97. The van der Waals surface area contributed by atoms with E-state index in [1.165, 1.54) is 6.26 Å². The molecule has 0 amide bonds. The maximum Gasteiger partial charge on any atom is 0.208 e. The maximum atomic E-state index is 10.8. The molecule has 0 aromatic carbocycles. The number of hydrogen-bond acceptors (Lipinski definition) is 5. The summed E-state index contributed by atoms with van der Waals surface area (Å²) in [6, 6.07) is 0. The van der Waals surface area contributed by atoms with Gasteiger partial charge in [-0.2, -0.15) is 0 Å². The molecule has 0 aliphatic carbocycles. The first-order valence-electron chi connectivity index (χ1n) is 5.93. The molecule has 1 unspecified atom stereocenters. The SMILES string of the molecule is CN1CCOC(CNCCCNS(C)(=O)=O)C1. The van der Waals surface area contributed by atoms with Crippen molar-refractivity contribution < 1.29 is 13.2 Å². The molecule has 0 spiro atoms. The van der Waals surface area contributed by atoms with Crippen molar-refractivity contribution in [2.75, 3.05) is 52.6 Å². The lowest BCUT2D eigenvalue weighted by molar-refractivity contribution is -0.0179. The molecular weight excluding hydrogens is 242 g/mol. The molecule has 1 rings (SSSR count). The average Bonchev–Trinajstić information content (AvgIpc) is 2.22. The summed E-state index contributed by atoms with van der Waals surface area (Å²) in [6.45, 7) is 4.84. The van der Waals surface area contributed by atoms with Gasteiger partial charge >= 0.3 is 0 Å². The van der Waals surface area contributed by atoms with Gasteiger partial charge in [-0.3, -0.25) is 0 Å². The van der Waals surface area contributed by atoms with E-state index in [0.717, 1.165) is 39.2 Å². The number of likely N-dealkylation sites (N-methyl/N-ethyl adjacent to an activating group) is 1. The second kappa shape index (κ2) is 7.27. The maximum absolute atomic E-state index is 10.8. The third-order valence-electron chi connectivity index (χ3n) is 2.61. The Morgan fingerprint density at radius 2 is 2.18 bits per heavy atom. The summed E-state index contributed by atoms with van der Waals surface area (Å²) in [6.07, 6.45) is 2.21. The van der Waals surface area contributed by atoms with E-state index in [9.17, 15) is 8.42 Å². The Bertz CT molecular complexity index is 308. The van der Waals surface area contributed by atoms with Crippen molar-refractivity contribution in [1.82, 2.24) is 14.9 Å². The molecule has 0 bridgehead atoms. The normalized spacial score (nSPS) is 22.8. The molecule has 1 aliphatic heterocycles. The summed E-state index contributed by atoms with van der Waals surface area (Å²) in [5.41, 5.74) is 0. The van der Waals surface area contributed by atoms with E-state index in [0.29, 0.717) is 6.54 Å². The predicted octanol–water partition coefficient (Wildman–Crippen LogP) is -1.15. The molecule has 2 N–H and O–H groups in total. The summed E-state index contributed by atoms with van der Waals surface area (Å²) in [5, 5.41) is 3.28. The molecule has 1 atom stereocenters. The van der Waals surface area contributed by atoms with Gasteiger partial charge in [0.05, 0.1) is 19.0 Å². The molecule has 1 saturated heterocycles. The van der Waals surface area contributed by atoms with Gasteiger partial charge in [0.1, 0.15) is 0 Å². The van der Waals surface area contributed by atoms with E-state index < -0.39 is 10.0 Å². The van der Waals surface area contributed by atoms with Crippen LogP contribution in [-0.4, -0.2) is 72.1 Å². The van der Waals surface area contributed by atoms with Gasteiger partial charge in [0.25, 0.3) is 0 Å². The molecule has 0 aromatic heterocycles. The van der Waals surface area contributed by atoms with Crippen molar-refractivity contribution in [3.63, 3.8) is 0 Å². The molecule has 17 heavy (non-hydrogen) atoms. The van der Waals surface area contributed by atoms with E-state index in [1.807, 2.05) is 0 Å². The molecule has 0 radical (unpaired) electrons. The number of nitrogens with zero attached hydrogens (tertiary/aromatic N) is 1. The Morgan fingerprint density at radius 3 is 2.82 bits per heavy atom. The van der Waals surface area contributed by atoms with Crippen molar-refractivity contribution in [2.45, 2.75) is 12.5 Å². The number of morpholine rings is 1. The van der Waals surface area contributed by atoms with Crippen LogP contribution >= 0.6 is 0 Å². The highest BCUT2D eigenvalue weighted by Gasteiger charge is 2.16. The zero-order valence-corrected chi connectivity index (χ0v) is 11.4. The second-order valence-corrected chi connectivity index (χ2v) is 6.31. The first kappa shape index (κ1) is 14.8. The molecule has 1 heterocycles. The molecule has 7 heteroatoms. The average molecular weight is 265 g/mol. The summed E-state index contributed by atoms with van der Waals surface area (Å²) in [5.74, 6) is 0. The van der Waals surface area contributed by atoms with Crippen LogP contribution in [0, 0.1) is 0 Å². The van der Waals surface area contributed by atoms with Gasteiger partial charge in [0.15, 0.2) is 0 Å². The van der Waals surface area contributed by atoms with Crippen LogP contribution in [0.15, 0.2) is 0 Å². The van der Waals surface area contributed by atoms with Crippen LogP contribution in [0.2, 0.25) is 0 Å².